The minimum atomic E-state index is -1.27. The van der Waals surface area contributed by atoms with Crippen molar-refractivity contribution in [2.24, 2.45) is 0 Å². The lowest BCUT2D eigenvalue weighted by Crippen LogP contribution is -2.23. The fraction of sp³-hybridized carbons (Fsp3) is 0.200. The molecule has 0 heterocycles. The summed E-state index contributed by atoms with van der Waals surface area (Å²) in [5.74, 6) is -0.354. The third kappa shape index (κ3) is 2.55. The van der Waals surface area contributed by atoms with Gasteiger partial charge >= 0.3 is 0 Å². The second-order valence-electron chi connectivity index (χ2n) is 4.60. The molecule has 94 valence electrons. The normalized spacial score (nSPS) is 14.3. The van der Waals surface area contributed by atoms with Crippen molar-refractivity contribution in [1.82, 2.24) is 0 Å². The monoisotopic (exact) mass is 264 g/mol. The Labute approximate surface area is 111 Å². The van der Waals surface area contributed by atoms with E-state index in [1.165, 1.54) is 12.1 Å². The van der Waals surface area contributed by atoms with Crippen LogP contribution in [0.1, 0.15) is 23.6 Å². The van der Waals surface area contributed by atoms with E-state index in [4.69, 9.17) is 11.6 Å². The molecule has 0 bridgehead atoms. The summed E-state index contributed by atoms with van der Waals surface area (Å²) in [7, 11) is 0. The number of rotatable bonds is 2. The average molecular weight is 265 g/mol. The molecular weight excluding hydrogens is 251 g/mol. The van der Waals surface area contributed by atoms with Gasteiger partial charge in [-0.25, -0.2) is 4.39 Å². The fourth-order valence-corrected chi connectivity index (χ4v) is 2.17. The number of hydrogen-bond donors (Lipinski definition) is 1. The lowest BCUT2D eigenvalue weighted by molar-refractivity contribution is 0.102. The van der Waals surface area contributed by atoms with Crippen molar-refractivity contribution in [1.29, 1.82) is 0 Å². The van der Waals surface area contributed by atoms with E-state index in [1.54, 1.807) is 44.2 Å². The zero-order valence-electron chi connectivity index (χ0n) is 10.2. The topological polar surface area (TPSA) is 20.2 Å². The van der Waals surface area contributed by atoms with Crippen molar-refractivity contribution in [3.8, 4) is 0 Å². The van der Waals surface area contributed by atoms with Gasteiger partial charge < -0.3 is 5.11 Å². The first-order valence-corrected chi connectivity index (χ1v) is 6.03. The molecule has 0 aliphatic heterocycles. The second kappa shape index (κ2) is 4.71. The standard InChI is InChI=1S/C15H14ClFO/c1-10-6-12(9-14(17)7-10)15(2,18)11-4-3-5-13(16)8-11/h3-9,18H,1-2H3. The molecule has 3 heteroatoms. The maximum Gasteiger partial charge on any atom is 0.123 e. The number of benzene rings is 2. The highest BCUT2D eigenvalue weighted by atomic mass is 35.5. The highest BCUT2D eigenvalue weighted by Crippen LogP contribution is 2.31. The first-order valence-electron chi connectivity index (χ1n) is 5.65. The summed E-state index contributed by atoms with van der Waals surface area (Å²) in [4.78, 5) is 0. The molecule has 2 aromatic rings. The van der Waals surface area contributed by atoms with Crippen LogP contribution in [-0.4, -0.2) is 5.11 Å². The summed E-state index contributed by atoms with van der Waals surface area (Å²) in [5.41, 5.74) is 0.659. The van der Waals surface area contributed by atoms with Crippen LogP contribution >= 0.6 is 11.6 Å². The smallest absolute Gasteiger partial charge is 0.123 e. The predicted octanol–water partition coefficient (Wildman–Crippen LogP) is 4.04. The molecule has 1 nitrogen and oxygen atoms in total. The minimum absolute atomic E-state index is 0.354. The van der Waals surface area contributed by atoms with Crippen LogP contribution in [0.2, 0.25) is 5.02 Å². The first kappa shape index (κ1) is 13.1. The SMILES string of the molecule is Cc1cc(F)cc(C(C)(O)c2cccc(Cl)c2)c1. The molecule has 1 unspecified atom stereocenters. The molecule has 2 rings (SSSR count). The maximum atomic E-state index is 13.4. The van der Waals surface area contributed by atoms with Crippen molar-refractivity contribution < 1.29 is 9.50 Å². The zero-order chi connectivity index (χ0) is 13.3. The summed E-state index contributed by atoms with van der Waals surface area (Å²) >= 11 is 5.92. The van der Waals surface area contributed by atoms with Crippen LogP contribution in [0.5, 0.6) is 0 Å². The van der Waals surface area contributed by atoms with Crippen molar-refractivity contribution in [3.63, 3.8) is 0 Å². The minimum Gasteiger partial charge on any atom is -0.381 e. The van der Waals surface area contributed by atoms with E-state index in [9.17, 15) is 9.50 Å². The molecule has 0 aliphatic carbocycles. The molecule has 0 saturated carbocycles. The molecule has 18 heavy (non-hydrogen) atoms. The van der Waals surface area contributed by atoms with Gasteiger partial charge in [-0.15, -0.1) is 0 Å². The molecular formula is C15H14ClFO. The van der Waals surface area contributed by atoms with Crippen LogP contribution in [0.15, 0.2) is 42.5 Å². The summed E-state index contributed by atoms with van der Waals surface area (Å²) in [6.45, 7) is 3.42. The molecule has 0 spiro atoms. The van der Waals surface area contributed by atoms with Crippen LogP contribution in [0.3, 0.4) is 0 Å². The van der Waals surface area contributed by atoms with E-state index in [0.29, 0.717) is 16.1 Å². The van der Waals surface area contributed by atoms with E-state index >= 15 is 0 Å². The molecule has 0 aliphatic rings. The van der Waals surface area contributed by atoms with E-state index in [0.717, 1.165) is 5.56 Å². The Morgan fingerprint density at radius 1 is 1.11 bits per heavy atom. The lowest BCUT2D eigenvalue weighted by Gasteiger charge is -2.25. The van der Waals surface area contributed by atoms with Gasteiger partial charge in [0.1, 0.15) is 11.4 Å². The Kier molecular flexibility index (Phi) is 3.42. The largest absolute Gasteiger partial charge is 0.381 e. The molecule has 2 aromatic carbocycles. The number of hydrogen-bond acceptors (Lipinski definition) is 1. The van der Waals surface area contributed by atoms with E-state index < -0.39 is 5.60 Å². The Morgan fingerprint density at radius 3 is 2.44 bits per heavy atom. The van der Waals surface area contributed by atoms with Crippen molar-refractivity contribution in [2.75, 3.05) is 0 Å². The van der Waals surface area contributed by atoms with Crippen molar-refractivity contribution in [3.05, 3.63) is 70.0 Å². The second-order valence-corrected chi connectivity index (χ2v) is 5.04. The molecule has 0 fully saturated rings. The predicted molar refractivity (Wildman–Crippen MR) is 71.3 cm³/mol. The number of halogens is 2. The highest BCUT2D eigenvalue weighted by molar-refractivity contribution is 6.30. The average Bonchev–Trinajstić information content (AvgIpc) is 2.27. The summed E-state index contributed by atoms with van der Waals surface area (Å²) < 4.78 is 13.4. The van der Waals surface area contributed by atoms with E-state index in [1.807, 2.05) is 0 Å². The highest BCUT2D eigenvalue weighted by Gasteiger charge is 2.26. The number of aryl methyl sites for hydroxylation is 1. The third-order valence-corrected chi connectivity index (χ3v) is 3.23. The van der Waals surface area contributed by atoms with Crippen molar-refractivity contribution >= 4 is 11.6 Å². The van der Waals surface area contributed by atoms with Gasteiger partial charge in [-0.1, -0.05) is 29.8 Å². The number of aliphatic hydroxyl groups is 1. The van der Waals surface area contributed by atoms with Gasteiger partial charge in [0.2, 0.25) is 0 Å². The molecule has 0 saturated heterocycles. The van der Waals surface area contributed by atoms with E-state index in [2.05, 4.69) is 0 Å². The molecule has 0 aromatic heterocycles. The quantitative estimate of drug-likeness (QED) is 0.868. The van der Waals surface area contributed by atoms with E-state index in [-0.39, 0.29) is 5.82 Å². The van der Waals surface area contributed by atoms with Gasteiger partial charge in [0.15, 0.2) is 0 Å². The van der Waals surface area contributed by atoms with Crippen LogP contribution in [0.25, 0.3) is 0 Å². The zero-order valence-corrected chi connectivity index (χ0v) is 11.0. The van der Waals surface area contributed by atoms with Crippen LogP contribution in [0.4, 0.5) is 4.39 Å². The molecule has 0 radical (unpaired) electrons. The van der Waals surface area contributed by atoms with Gasteiger partial charge in [0.05, 0.1) is 0 Å². The lowest BCUT2D eigenvalue weighted by atomic mass is 9.87. The molecule has 1 N–H and O–H groups in total. The molecule has 1 atom stereocenters. The Hall–Kier alpha value is -1.38. The van der Waals surface area contributed by atoms with Crippen molar-refractivity contribution in [2.45, 2.75) is 19.4 Å². The molecule has 0 amide bonds. The van der Waals surface area contributed by atoms with Gasteiger partial charge in [-0.05, 0) is 54.8 Å². The third-order valence-electron chi connectivity index (χ3n) is 2.99. The summed E-state index contributed by atoms with van der Waals surface area (Å²) in [6, 6.07) is 11.5. The Balaban J connectivity index is 2.53. The van der Waals surface area contributed by atoms with Crippen LogP contribution < -0.4 is 0 Å². The van der Waals surface area contributed by atoms with Gasteiger partial charge in [0, 0.05) is 5.02 Å². The fourth-order valence-electron chi connectivity index (χ4n) is 1.98. The Morgan fingerprint density at radius 2 is 1.83 bits per heavy atom. The Bertz CT molecular complexity index is 558. The van der Waals surface area contributed by atoms with Gasteiger partial charge in [0.25, 0.3) is 0 Å². The van der Waals surface area contributed by atoms with Gasteiger partial charge in [-0.2, -0.15) is 0 Å². The first-order chi connectivity index (χ1) is 8.39. The van der Waals surface area contributed by atoms with Crippen LogP contribution in [0, 0.1) is 12.7 Å². The van der Waals surface area contributed by atoms with Gasteiger partial charge in [-0.3, -0.25) is 0 Å². The maximum absolute atomic E-state index is 13.4. The summed E-state index contributed by atoms with van der Waals surface area (Å²) in [6.07, 6.45) is 0. The summed E-state index contributed by atoms with van der Waals surface area (Å²) in [5, 5.41) is 11.1. The van der Waals surface area contributed by atoms with Crippen LogP contribution in [-0.2, 0) is 5.60 Å².